The zero-order chi connectivity index (χ0) is 24.1. The van der Waals surface area contributed by atoms with Gasteiger partial charge in [0.25, 0.3) is 0 Å². The van der Waals surface area contributed by atoms with E-state index in [1.165, 1.54) is 0 Å². The van der Waals surface area contributed by atoms with Gasteiger partial charge in [0, 0.05) is 18.5 Å². The second kappa shape index (κ2) is 11.0. The fraction of sp³-hybridized carbons (Fsp3) is 0.615. The van der Waals surface area contributed by atoms with E-state index < -0.39 is 0 Å². The lowest BCUT2D eigenvalue weighted by molar-refractivity contribution is -0.154. The standard InChI is InChI=1S/C26H36N4O4/c1-17(2)33-26(32)20-9-6-10-22(15-20)34-21-13-11-18(12-14-21)24-23(30(3)29-28-24)16-27-25(31)19-7-4-5-8-19/h11-14,17,19-20,22H,4-10,15-16H2,1-3H3,(H,27,31)/t20-,22-/m0/s1. The van der Waals surface area contributed by atoms with Gasteiger partial charge in [-0.05, 0) is 76.6 Å². The van der Waals surface area contributed by atoms with Crippen molar-refractivity contribution in [3.05, 3.63) is 30.0 Å². The van der Waals surface area contributed by atoms with Gasteiger partial charge in [-0.2, -0.15) is 0 Å². The summed E-state index contributed by atoms with van der Waals surface area (Å²) in [5.74, 6) is 0.812. The van der Waals surface area contributed by atoms with Crippen LogP contribution in [0.3, 0.4) is 0 Å². The van der Waals surface area contributed by atoms with Gasteiger partial charge in [0.05, 0.1) is 30.4 Å². The van der Waals surface area contributed by atoms with E-state index in [1.54, 1.807) is 4.68 Å². The van der Waals surface area contributed by atoms with Crippen molar-refractivity contribution in [2.24, 2.45) is 18.9 Å². The third-order valence-corrected chi connectivity index (χ3v) is 6.84. The molecule has 4 rings (SSSR count). The van der Waals surface area contributed by atoms with E-state index >= 15 is 0 Å². The molecule has 0 radical (unpaired) electrons. The number of esters is 1. The fourth-order valence-corrected chi connectivity index (χ4v) is 4.98. The van der Waals surface area contributed by atoms with Crippen molar-refractivity contribution in [1.29, 1.82) is 0 Å². The molecule has 1 aromatic heterocycles. The third-order valence-electron chi connectivity index (χ3n) is 6.84. The summed E-state index contributed by atoms with van der Waals surface area (Å²) in [6, 6.07) is 7.80. The summed E-state index contributed by atoms with van der Waals surface area (Å²) in [5.41, 5.74) is 2.56. The van der Waals surface area contributed by atoms with Crippen molar-refractivity contribution >= 4 is 11.9 Å². The number of amides is 1. The highest BCUT2D eigenvalue weighted by Crippen LogP contribution is 2.30. The molecule has 0 bridgehead atoms. The van der Waals surface area contributed by atoms with Crippen molar-refractivity contribution in [3.63, 3.8) is 0 Å². The maximum Gasteiger partial charge on any atom is 0.309 e. The number of carbonyl (C=O) groups is 2. The monoisotopic (exact) mass is 468 g/mol. The molecule has 8 nitrogen and oxygen atoms in total. The van der Waals surface area contributed by atoms with E-state index in [-0.39, 0.29) is 35.9 Å². The highest BCUT2D eigenvalue weighted by Gasteiger charge is 2.30. The number of hydrogen-bond acceptors (Lipinski definition) is 6. The molecule has 1 heterocycles. The average Bonchev–Trinajstić information content (AvgIpc) is 3.48. The Morgan fingerprint density at radius 3 is 2.47 bits per heavy atom. The van der Waals surface area contributed by atoms with Gasteiger partial charge >= 0.3 is 5.97 Å². The number of nitrogens with zero attached hydrogens (tertiary/aromatic N) is 3. The Labute approximate surface area is 201 Å². The van der Waals surface area contributed by atoms with Crippen LogP contribution in [0.4, 0.5) is 0 Å². The van der Waals surface area contributed by atoms with Crippen molar-refractivity contribution in [2.45, 2.75) is 84.0 Å². The van der Waals surface area contributed by atoms with Crippen LogP contribution >= 0.6 is 0 Å². The number of hydrogen-bond donors (Lipinski definition) is 1. The number of nitrogens with one attached hydrogen (secondary N) is 1. The van der Waals surface area contributed by atoms with E-state index in [9.17, 15) is 9.59 Å². The van der Waals surface area contributed by atoms with Crippen LogP contribution in [0.25, 0.3) is 11.3 Å². The quantitative estimate of drug-likeness (QED) is 0.584. The summed E-state index contributed by atoms with van der Waals surface area (Å²) in [6.07, 6.45) is 7.56. The Hall–Kier alpha value is -2.90. The third kappa shape index (κ3) is 5.96. The molecule has 0 aliphatic heterocycles. The Kier molecular flexibility index (Phi) is 7.85. The molecule has 2 aliphatic rings. The Morgan fingerprint density at radius 2 is 1.76 bits per heavy atom. The van der Waals surface area contributed by atoms with Crippen LogP contribution in [-0.4, -0.2) is 39.1 Å². The second-order valence-corrected chi connectivity index (χ2v) is 9.82. The average molecular weight is 469 g/mol. The van der Waals surface area contributed by atoms with Crippen molar-refractivity contribution in [1.82, 2.24) is 20.3 Å². The fourth-order valence-electron chi connectivity index (χ4n) is 4.98. The van der Waals surface area contributed by atoms with Crippen molar-refractivity contribution in [2.75, 3.05) is 0 Å². The Bertz CT molecular complexity index is 979. The summed E-state index contributed by atoms with van der Waals surface area (Å²) in [6.45, 7) is 4.16. The summed E-state index contributed by atoms with van der Waals surface area (Å²) in [7, 11) is 1.84. The van der Waals surface area contributed by atoms with Crippen LogP contribution in [0.5, 0.6) is 5.75 Å². The first-order valence-electron chi connectivity index (χ1n) is 12.5. The summed E-state index contributed by atoms with van der Waals surface area (Å²) >= 11 is 0. The van der Waals surface area contributed by atoms with Gasteiger partial charge in [-0.15, -0.1) is 5.10 Å². The molecule has 0 unspecified atom stereocenters. The first kappa shape index (κ1) is 24.2. The van der Waals surface area contributed by atoms with Crippen molar-refractivity contribution in [3.8, 4) is 17.0 Å². The van der Waals surface area contributed by atoms with Crippen LogP contribution < -0.4 is 10.1 Å². The molecule has 2 aromatic rings. The number of carbonyl (C=O) groups excluding carboxylic acids is 2. The minimum absolute atomic E-state index is 0.00203. The van der Waals surface area contributed by atoms with Crippen molar-refractivity contribution < 1.29 is 19.1 Å². The summed E-state index contributed by atoms with van der Waals surface area (Å²) in [5, 5.41) is 11.6. The van der Waals surface area contributed by atoms with E-state index in [2.05, 4.69) is 15.6 Å². The van der Waals surface area contributed by atoms with Gasteiger partial charge in [0.15, 0.2) is 0 Å². The molecule has 8 heteroatoms. The number of ether oxygens (including phenoxy) is 2. The summed E-state index contributed by atoms with van der Waals surface area (Å²) < 4.78 is 13.3. The zero-order valence-corrected chi connectivity index (χ0v) is 20.5. The molecule has 34 heavy (non-hydrogen) atoms. The second-order valence-electron chi connectivity index (χ2n) is 9.82. The highest BCUT2D eigenvalue weighted by atomic mass is 16.5. The molecule has 2 atom stereocenters. The van der Waals surface area contributed by atoms with Crippen LogP contribution in [-0.2, 0) is 27.9 Å². The molecular weight excluding hydrogens is 432 g/mol. The molecular formula is C26H36N4O4. The van der Waals surface area contributed by atoms with Gasteiger partial charge in [-0.1, -0.05) is 18.1 Å². The minimum atomic E-state index is -0.117. The number of aromatic nitrogens is 3. The smallest absolute Gasteiger partial charge is 0.309 e. The van der Waals surface area contributed by atoms with E-state index in [4.69, 9.17) is 9.47 Å². The Balaban J connectivity index is 1.36. The van der Waals surface area contributed by atoms with E-state index in [0.717, 1.165) is 67.6 Å². The van der Waals surface area contributed by atoms with Gasteiger partial charge in [0.2, 0.25) is 5.91 Å². The molecule has 2 aliphatic carbocycles. The minimum Gasteiger partial charge on any atom is -0.490 e. The summed E-state index contributed by atoms with van der Waals surface area (Å²) in [4.78, 5) is 24.7. The van der Waals surface area contributed by atoms with Crippen LogP contribution in [0.1, 0.15) is 70.9 Å². The first-order valence-corrected chi connectivity index (χ1v) is 12.5. The molecule has 1 amide bonds. The largest absolute Gasteiger partial charge is 0.490 e. The van der Waals surface area contributed by atoms with E-state index in [1.807, 2.05) is 45.2 Å². The number of rotatable bonds is 8. The van der Waals surface area contributed by atoms with Crippen LogP contribution in [0, 0.1) is 11.8 Å². The first-order chi connectivity index (χ1) is 16.4. The van der Waals surface area contributed by atoms with E-state index in [0.29, 0.717) is 13.0 Å². The predicted octanol–water partition coefficient (Wildman–Crippen LogP) is 4.18. The maximum absolute atomic E-state index is 12.4. The highest BCUT2D eigenvalue weighted by molar-refractivity contribution is 5.79. The molecule has 1 aromatic carbocycles. The SMILES string of the molecule is CC(C)OC(=O)[C@H]1CCC[C@H](Oc2ccc(-c3nnn(C)c3CNC(=O)C3CCCC3)cc2)C1. The lowest BCUT2D eigenvalue weighted by atomic mass is 9.87. The van der Waals surface area contributed by atoms with Gasteiger partial charge in [-0.25, -0.2) is 4.68 Å². The lowest BCUT2D eigenvalue weighted by Gasteiger charge is -2.29. The molecule has 0 saturated heterocycles. The van der Waals surface area contributed by atoms with Gasteiger partial charge < -0.3 is 14.8 Å². The molecule has 2 fully saturated rings. The topological polar surface area (TPSA) is 95.3 Å². The zero-order valence-electron chi connectivity index (χ0n) is 20.5. The molecule has 2 saturated carbocycles. The normalized spacial score (nSPS) is 20.9. The molecule has 0 spiro atoms. The number of aryl methyl sites for hydroxylation is 1. The van der Waals surface area contributed by atoms with Gasteiger partial charge in [0.1, 0.15) is 11.4 Å². The molecule has 184 valence electrons. The predicted molar refractivity (Wildman–Crippen MR) is 128 cm³/mol. The van der Waals surface area contributed by atoms with Crippen LogP contribution in [0.2, 0.25) is 0 Å². The Morgan fingerprint density at radius 1 is 1.06 bits per heavy atom. The maximum atomic E-state index is 12.4. The van der Waals surface area contributed by atoms with Crippen LogP contribution in [0.15, 0.2) is 24.3 Å². The molecule has 1 N–H and O–H groups in total. The number of benzene rings is 1. The van der Waals surface area contributed by atoms with Gasteiger partial charge in [-0.3, -0.25) is 9.59 Å². The lowest BCUT2D eigenvalue weighted by Crippen LogP contribution is -2.31.